The number of rotatable bonds is 1. The third-order valence-electron chi connectivity index (χ3n) is 3.84. The maximum atomic E-state index is 4.72. The first-order valence-corrected chi connectivity index (χ1v) is 6.21. The van der Waals surface area contributed by atoms with Crippen molar-refractivity contribution in [3.8, 4) is 0 Å². The fourth-order valence-corrected chi connectivity index (χ4v) is 3.11. The predicted molar refractivity (Wildman–Crippen MR) is 66.3 cm³/mol. The van der Waals surface area contributed by atoms with E-state index in [2.05, 4.69) is 42.4 Å². The van der Waals surface area contributed by atoms with Crippen molar-refractivity contribution in [3.63, 3.8) is 0 Å². The molecule has 0 bridgehead atoms. The van der Waals surface area contributed by atoms with E-state index in [1.54, 1.807) is 0 Å². The second-order valence-electron chi connectivity index (χ2n) is 4.87. The largest absolute Gasteiger partial charge is 0.292 e. The molecule has 1 aliphatic carbocycles. The fourth-order valence-electron chi connectivity index (χ4n) is 3.11. The summed E-state index contributed by atoms with van der Waals surface area (Å²) in [5.41, 5.74) is 2.85. The molecule has 16 heavy (non-hydrogen) atoms. The number of hydrogen-bond donors (Lipinski definition) is 0. The molecule has 1 aromatic carbocycles. The number of fused-ring (bicyclic) bond motifs is 1. The Morgan fingerprint density at radius 3 is 2.81 bits per heavy atom. The molecule has 0 spiro atoms. The van der Waals surface area contributed by atoms with E-state index in [4.69, 9.17) is 5.10 Å². The molecule has 2 aliphatic rings. The van der Waals surface area contributed by atoms with Gasteiger partial charge in [-0.1, -0.05) is 36.8 Å². The molecule has 1 aromatic rings. The van der Waals surface area contributed by atoms with Gasteiger partial charge in [-0.2, -0.15) is 5.10 Å². The van der Waals surface area contributed by atoms with Gasteiger partial charge < -0.3 is 0 Å². The van der Waals surface area contributed by atoms with E-state index in [1.807, 2.05) is 0 Å². The minimum absolute atomic E-state index is 0.483. The van der Waals surface area contributed by atoms with E-state index >= 15 is 0 Å². The molecular formula is C14H18N2. The van der Waals surface area contributed by atoms with Crippen molar-refractivity contribution < 1.29 is 0 Å². The van der Waals surface area contributed by atoms with Crippen molar-refractivity contribution in [2.24, 2.45) is 11.0 Å². The van der Waals surface area contributed by atoms with Crippen molar-refractivity contribution in [1.82, 2.24) is 5.01 Å². The molecule has 0 radical (unpaired) electrons. The zero-order chi connectivity index (χ0) is 11.0. The lowest BCUT2D eigenvalue weighted by Gasteiger charge is -2.27. The Morgan fingerprint density at radius 1 is 1.19 bits per heavy atom. The van der Waals surface area contributed by atoms with Gasteiger partial charge in [0.05, 0.1) is 6.04 Å². The SMILES string of the molecule is CN1N=C2CCCCC2C1c1ccccc1. The molecule has 2 heteroatoms. The Kier molecular flexibility index (Phi) is 2.43. The Bertz CT molecular complexity index is 396. The van der Waals surface area contributed by atoms with Crippen LogP contribution in [0.25, 0.3) is 0 Å². The predicted octanol–water partition coefficient (Wildman–Crippen LogP) is 3.22. The van der Waals surface area contributed by atoms with Crippen LogP contribution in [0.15, 0.2) is 35.4 Å². The quantitative estimate of drug-likeness (QED) is 0.701. The summed E-state index contributed by atoms with van der Waals surface area (Å²) in [6, 6.07) is 11.3. The lowest BCUT2D eigenvalue weighted by atomic mass is 9.80. The van der Waals surface area contributed by atoms with Crippen LogP contribution in [0.5, 0.6) is 0 Å². The van der Waals surface area contributed by atoms with Gasteiger partial charge in [0.25, 0.3) is 0 Å². The summed E-state index contributed by atoms with van der Waals surface area (Å²) >= 11 is 0. The van der Waals surface area contributed by atoms with Gasteiger partial charge >= 0.3 is 0 Å². The highest BCUT2D eigenvalue weighted by Crippen LogP contribution is 2.40. The number of hydrazone groups is 1. The van der Waals surface area contributed by atoms with Crippen molar-refractivity contribution in [3.05, 3.63) is 35.9 Å². The zero-order valence-corrected chi connectivity index (χ0v) is 9.76. The maximum absolute atomic E-state index is 4.72. The molecule has 1 fully saturated rings. The lowest BCUT2D eigenvalue weighted by molar-refractivity contribution is 0.240. The molecule has 0 amide bonds. The van der Waals surface area contributed by atoms with Gasteiger partial charge in [0.1, 0.15) is 0 Å². The monoisotopic (exact) mass is 214 g/mol. The van der Waals surface area contributed by atoms with Crippen molar-refractivity contribution >= 4 is 5.71 Å². The molecule has 2 unspecified atom stereocenters. The average molecular weight is 214 g/mol. The molecule has 1 aliphatic heterocycles. The lowest BCUT2D eigenvalue weighted by Crippen LogP contribution is -2.25. The first-order valence-electron chi connectivity index (χ1n) is 6.21. The van der Waals surface area contributed by atoms with Crippen LogP contribution in [-0.4, -0.2) is 17.8 Å². The highest BCUT2D eigenvalue weighted by Gasteiger charge is 2.37. The summed E-state index contributed by atoms with van der Waals surface area (Å²) in [5.74, 6) is 0.668. The summed E-state index contributed by atoms with van der Waals surface area (Å²) in [5, 5.41) is 6.89. The zero-order valence-electron chi connectivity index (χ0n) is 9.76. The molecule has 2 atom stereocenters. The molecule has 2 nitrogen and oxygen atoms in total. The maximum Gasteiger partial charge on any atom is 0.0797 e. The van der Waals surface area contributed by atoms with Crippen LogP contribution in [0.2, 0.25) is 0 Å². The van der Waals surface area contributed by atoms with Crippen LogP contribution in [0, 0.1) is 5.92 Å². The van der Waals surface area contributed by atoms with Crippen LogP contribution in [0.3, 0.4) is 0 Å². The standard InChI is InChI=1S/C14H18N2/c1-16-14(11-7-3-2-4-8-11)12-9-5-6-10-13(12)15-16/h2-4,7-8,12,14H,5-6,9-10H2,1H3. The summed E-state index contributed by atoms with van der Waals surface area (Å²) in [6.07, 6.45) is 5.20. The van der Waals surface area contributed by atoms with E-state index in [0.717, 1.165) is 0 Å². The van der Waals surface area contributed by atoms with Crippen molar-refractivity contribution in [2.75, 3.05) is 7.05 Å². The van der Waals surface area contributed by atoms with E-state index in [1.165, 1.54) is 37.0 Å². The Balaban J connectivity index is 1.92. The summed E-state index contributed by atoms with van der Waals surface area (Å²) < 4.78 is 0. The molecule has 1 saturated carbocycles. The highest BCUT2D eigenvalue weighted by atomic mass is 15.5. The van der Waals surface area contributed by atoms with Gasteiger partial charge in [-0.05, 0) is 24.8 Å². The molecule has 0 N–H and O–H groups in total. The van der Waals surface area contributed by atoms with Crippen LogP contribution < -0.4 is 0 Å². The summed E-state index contributed by atoms with van der Waals surface area (Å²) in [4.78, 5) is 0. The first kappa shape index (κ1) is 9.88. The number of nitrogens with zero attached hydrogens (tertiary/aromatic N) is 2. The second-order valence-corrected chi connectivity index (χ2v) is 4.87. The Hall–Kier alpha value is -1.31. The normalized spacial score (nSPS) is 28.8. The van der Waals surface area contributed by atoms with Crippen LogP contribution >= 0.6 is 0 Å². The third-order valence-corrected chi connectivity index (χ3v) is 3.84. The van der Waals surface area contributed by atoms with Crippen LogP contribution in [0.1, 0.15) is 37.3 Å². The van der Waals surface area contributed by atoms with Crippen molar-refractivity contribution in [2.45, 2.75) is 31.7 Å². The molecular weight excluding hydrogens is 196 g/mol. The van der Waals surface area contributed by atoms with Gasteiger partial charge in [0.15, 0.2) is 0 Å². The minimum atomic E-state index is 0.483. The Morgan fingerprint density at radius 2 is 2.00 bits per heavy atom. The third kappa shape index (κ3) is 1.53. The number of benzene rings is 1. The van der Waals surface area contributed by atoms with E-state index in [9.17, 15) is 0 Å². The van der Waals surface area contributed by atoms with Crippen molar-refractivity contribution in [1.29, 1.82) is 0 Å². The first-order chi connectivity index (χ1) is 7.86. The molecule has 84 valence electrons. The molecule has 3 rings (SSSR count). The Labute approximate surface area is 97.0 Å². The molecule has 0 aromatic heterocycles. The smallest absolute Gasteiger partial charge is 0.0797 e. The van der Waals surface area contributed by atoms with Crippen LogP contribution in [-0.2, 0) is 0 Å². The minimum Gasteiger partial charge on any atom is -0.292 e. The van der Waals surface area contributed by atoms with Crippen LogP contribution in [0.4, 0.5) is 0 Å². The fraction of sp³-hybridized carbons (Fsp3) is 0.500. The second kappa shape index (κ2) is 3.93. The van der Waals surface area contributed by atoms with E-state index in [-0.39, 0.29) is 0 Å². The van der Waals surface area contributed by atoms with Gasteiger partial charge in [0, 0.05) is 18.7 Å². The average Bonchev–Trinajstić information content (AvgIpc) is 2.66. The summed E-state index contributed by atoms with van der Waals surface area (Å²) in [6.45, 7) is 0. The van der Waals surface area contributed by atoms with E-state index < -0.39 is 0 Å². The van der Waals surface area contributed by atoms with Gasteiger partial charge in [-0.3, -0.25) is 5.01 Å². The molecule has 0 saturated heterocycles. The van der Waals surface area contributed by atoms with Gasteiger partial charge in [-0.25, -0.2) is 0 Å². The topological polar surface area (TPSA) is 15.6 Å². The number of hydrogen-bond acceptors (Lipinski definition) is 2. The molecule has 1 heterocycles. The highest BCUT2D eigenvalue weighted by molar-refractivity contribution is 5.89. The summed E-state index contributed by atoms with van der Waals surface area (Å²) in [7, 11) is 2.11. The van der Waals surface area contributed by atoms with Gasteiger partial charge in [0.2, 0.25) is 0 Å². The van der Waals surface area contributed by atoms with Gasteiger partial charge in [-0.15, -0.1) is 0 Å². The van der Waals surface area contributed by atoms with E-state index in [0.29, 0.717) is 12.0 Å².